The van der Waals surface area contributed by atoms with Gasteiger partial charge >= 0.3 is 11.9 Å². The molecular weight excluding hydrogens is 180 g/mol. The fraction of sp³-hybridized carbons (Fsp3) is 0.636. The van der Waals surface area contributed by atoms with Gasteiger partial charge in [0.25, 0.3) is 0 Å². The Labute approximate surface area is 83.1 Å². The van der Waals surface area contributed by atoms with E-state index in [9.17, 15) is 9.59 Å². The van der Waals surface area contributed by atoms with Crippen LogP contribution in [0.2, 0.25) is 0 Å². The smallest absolute Gasteiger partial charge is 0.342 e. The van der Waals surface area contributed by atoms with Crippen molar-refractivity contribution in [2.75, 3.05) is 0 Å². The summed E-state index contributed by atoms with van der Waals surface area (Å²) in [6.07, 6.45) is 5.60. The number of rotatable bonds is 1. The Bertz CT molecular complexity index is 308. The minimum atomic E-state index is -0.449. The van der Waals surface area contributed by atoms with E-state index in [0.29, 0.717) is 11.1 Å². The molecule has 2 rings (SSSR count). The number of carbonyl (C=O) groups is 2. The lowest BCUT2D eigenvalue weighted by Gasteiger charge is -2.21. The molecule has 3 heteroatoms. The molecule has 0 atom stereocenters. The quantitative estimate of drug-likeness (QED) is 0.473. The van der Waals surface area contributed by atoms with E-state index in [1.807, 2.05) is 0 Å². The van der Waals surface area contributed by atoms with Gasteiger partial charge in [-0.3, -0.25) is 0 Å². The third-order valence-electron chi connectivity index (χ3n) is 3.13. The SMILES string of the molecule is CC1=C(C2CCCCC2)C(=O)OC1=O. The summed E-state index contributed by atoms with van der Waals surface area (Å²) in [5.74, 6) is -0.585. The maximum atomic E-state index is 11.4. The van der Waals surface area contributed by atoms with Crippen molar-refractivity contribution in [2.45, 2.75) is 39.0 Å². The van der Waals surface area contributed by atoms with Gasteiger partial charge in [0.15, 0.2) is 0 Å². The molecule has 1 saturated carbocycles. The average molecular weight is 194 g/mol. The van der Waals surface area contributed by atoms with Crippen molar-refractivity contribution in [3.8, 4) is 0 Å². The minimum Gasteiger partial charge on any atom is -0.386 e. The molecule has 1 heterocycles. The van der Waals surface area contributed by atoms with Crippen LogP contribution in [0, 0.1) is 5.92 Å². The largest absolute Gasteiger partial charge is 0.386 e. The van der Waals surface area contributed by atoms with Gasteiger partial charge < -0.3 is 4.74 Å². The van der Waals surface area contributed by atoms with E-state index < -0.39 is 11.9 Å². The molecule has 0 aromatic heterocycles. The standard InChI is InChI=1S/C11H14O3/c1-7-9(11(13)14-10(7)12)8-5-3-2-4-6-8/h8H,2-6H2,1H3. The molecule has 0 amide bonds. The lowest BCUT2D eigenvalue weighted by molar-refractivity contribution is -0.151. The summed E-state index contributed by atoms with van der Waals surface area (Å²) < 4.78 is 4.59. The fourth-order valence-corrected chi connectivity index (χ4v) is 2.34. The van der Waals surface area contributed by atoms with Gasteiger partial charge in [-0.25, -0.2) is 9.59 Å². The lowest BCUT2D eigenvalue weighted by atomic mass is 9.82. The molecule has 76 valence electrons. The van der Waals surface area contributed by atoms with Crippen LogP contribution >= 0.6 is 0 Å². The summed E-state index contributed by atoms with van der Waals surface area (Å²) in [5.41, 5.74) is 1.18. The second kappa shape index (κ2) is 3.56. The Balaban J connectivity index is 2.23. The van der Waals surface area contributed by atoms with Crippen molar-refractivity contribution in [1.82, 2.24) is 0 Å². The topological polar surface area (TPSA) is 43.4 Å². The van der Waals surface area contributed by atoms with Crippen LogP contribution in [0.1, 0.15) is 39.0 Å². The number of carbonyl (C=O) groups excluding carboxylic acids is 2. The number of ether oxygens (including phenoxy) is 1. The van der Waals surface area contributed by atoms with Gasteiger partial charge in [-0.15, -0.1) is 0 Å². The molecule has 1 aliphatic heterocycles. The summed E-state index contributed by atoms with van der Waals surface area (Å²) in [7, 11) is 0. The average Bonchev–Trinajstić information content (AvgIpc) is 2.43. The third kappa shape index (κ3) is 1.47. The van der Waals surface area contributed by atoms with Crippen LogP contribution < -0.4 is 0 Å². The molecule has 0 bridgehead atoms. The molecule has 3 nitrogen and oxygen atoms in total. The van der Waals surface area contributed by atoms with Crippen molar-refractivity contribution in [3.05, 3.63) is 11.1 Å². The van der Waals surface area contributed by atoms with Crippen LogP contribution in [0.25, 0.3) is 0 Å². The third-order valence-corrected chi connectivity index (χ3v) is 3.13. The molecule has 0 unspecified atom stereocenters. The minimum absolute atomic E-state index is 0.266. The first-order valence-corrected chi connectivity index (χ1v) is 5.17. The van der Waals surface area contributed by atoms with Gasteiger partial charge in [0, 0.05) is 5.57 Å². The Morgan fingerprint density at radius 2 is 1.71 bits per heavy atom. The van der Waals surface area contributed by atoms with E-state index in [1.165, 1.54) is 6.42 Å². The highest BCUT2D eigenvalue weighted by atomic mass is 16.6. The Morgan fingerprint density at radius 3 is 2.21 bits per heavy atom. The number of cyclic esters (lactones) is 2. The van der Waals surface area contributed by atoms with Crippen molar-refractivity contribution in [1.29, 1.82) is 0 Å². The second-order valence-corrected chi connectivity index (χ2v) is 4.05. The molecule has 0 saturated heterocycles. The second-order valence-electron chi connectivity index (χ2n) is 4.05. The molecule has 0 aromatic carbocycles. The Kier molecular flexibility index (Phi) is 2.40. The molecule has 1 fully saturated rings. The number of esters is 2. The van der Waals surface area contributed by atoms with Gasteiger partial charge in [0.2, 0.25) is 0 Å². The van der Waals surface area contributed by atoms with Crippen molar-refractivity contribution in [3.63, 3.8) is 0 Å². The summed E-state index contributed by atoms with van der Waals surface area (Å²) in [6.45, 7) is 1.69. The van der Waals surface area contributed by atoms with E-state index in [-0.39, 0.29) is 5.92 Å². The van der Waals surface area contributed by atoms with Gasteiger partial charge in [-0.1, -0.05) is 19.3 Å². The highest BCUT2D eigenvalue weighted by molar-refractivity contribution is 6.12. The van der Waals surface area contributed by atoms with Crippen LogP contribution in [-0.2, 0) is 14.3 Å². The Hall–Kier alpha value is -1.12. The molecule has 0 aromatic rings. The maximum Gasteiger partial charge on any atom is 0.342 e. The monoisotopic (exact) mass is 194 g/mol. The zero-order chi connectivity index (χ0) is 10.1. The van der Waals surface area contributed by atoms with Crippen molar-refractivity contribution in [2.24, 2.45) is 5.92 Å². The zero-order valence-corrected chi connectivity index (χ0v) is 8.34. The van der Waals surface area contributed by atoms with Crippen LogP contribution in [0.3, 0.4) is 0 Å². The first-order valence-electron chi connectivity index (χ1n) is 5.17. The summed E-state index contributed by atoms with van der Waals surface area (Å²) in [4.78, 5) is 22.5. The maximum absolute atomic E-state index is 11.4. The number of hydrogen-bond donors (Lipinski definition) is 0. The Morgan fingerprint density at radius 1 is 1.07 bits per heavy atom. The molecule has 1 aliphatic carbocycles. The molecule has 0 radical (unpaired) electrons. The molecule has 0 spiro atoms. The molecule has 0 N–H and O–H groups in total. The normalized spacial score (nSPS) is 24.4. The van der Waals surface area contributed by atoms with Crippen LogP contribution in [0.4, 0.5) is 0 Å². The van der Waals surface area contributed by atoms with Crippen LogP contribution in [0.15, 0.2) is 11.1 Å². The van der Waals surface area contributed by atoms with E-state index in [2.05, 4.69) is 4.74 Å². The predicted octanol–water partition coefficient (Wildman–Crippen LogP) is 1.97. The highest BCUT2D eigenvalue weighted by Crippen LogP contribution is 2.34. The first kappa shape index (κ1) is 9.44. The van der Waals surface area contributed by atoms with Gasteiger partial charge in [-0.05, 0) is 25.7 Å². The summed E-state index contributed by atoms with van der Waals surface area (Å²) in [6, 6.07) is 0. The zero-order valence-electron chi connectivity index (χ0n) is 8.34. The number of hydrogen-bond acceptors (Lipinski definition) is 3. The molecule has 2 aliphatic rings. The van der Waals surface area contributed by atoms with E-state index >= 15 is 0 Å². The van der Waals surface area contributed by atoms with E-state index in [1.54, 1.807) is 6.92 Å². The van der Waals surface area contributed by atoms with Crippen LogP contribution in [0.5, 0.6) is 0 Å². The lowest BCUT2D eigenvalue weighted by Crippen LogP contribution is -2.14. The van der Waals surface area contributed by atoms with Crippen molar-refractivity contribution < 1.29 is 14.3 Å². The molecular formula is C11H14O3. The van der Waals surface area contributed by atoms with Gasteiger partial charge in [-0.2, -0.15) is 0 Å². The predicted molar refractivity (Wildman–Crippen MR) is 50.4 cm³/mol. The highest BCUT2D eigenvalue weighted by Gasteiger charge is 2.35. The van der Waals surface area contributed by atoms with Gasteiger partial charge in [0.1, 0.15) is 0 Å². The summed E-state index contributed by atoms with van der Waals surface area (Å²) in [5, 5.41) is 0. The first-order chi connectivity index (χ1) is 6.70. The van der Waals surface area contributed by atoms with E-state index in [0.717, 1.165) is 25.7 Å². The summed E-state index contributed by atoms with van der Waals surface area (Å²) >= 11 is 0. The van der Waals surface area contributed by atoms with Gasteiger partial charge in [0.05, 0.1) is 5.57 Å². The van der Waals surface area contributed by atoms with E-state index in [4.69, 9.17) is 0 Å². The fourth-order valence-electron chi connectivity index (χ4n) is 2.34. The van der Waals surface area contributed by atoms with Crippen molar-refractivity contribution >= 4 is 11.9 Å². The van der Waals surface area contributed by atoms with Crippen LogP contribution in [-0.4, -0.2) is 11.9 Å². The molecule has 14 heavy (non-hydrogen) atoms.